The molecule has 0 N–H and O–H groups in total. The van der Waals surface area contributed by atoms with Gasteiger partial charge in [-0.1, -0.05) is 31.9 Å². The summed E-state index contributed by atoms with van der Waals surface area (Å²) in [6, 6.07) is 6.29. The van der Waals surface area contributed by atoms with Crippen molar-refractivity contribution in [2.75, 3.05) is 6.54 Å². The van der Waals surface area contributed by atoms with Gasteiger partial charge < -0.3 is 4.90 Å². The minimum atomic E-state index is -0.275. The molecular formula is C20H23FN4OS. The normalized spacial score (nSPS) is 10.9. The smallest absolute Gasteiger partial charge is 0.273 e. The first-order valence-electron chi connectivity index (χ1n) is 9.05. The zero-order valence-corrected chi connectivity index (χ0v) is 16.4. The maximum absolute atomic E-state index is 13.2. The molecule has 0 aliphatic rings. The van der Waals surface area contributed by atoms with Gasteiger partial charge in [0.1, 0.15) is 16.5 Å². The summed E-state index contributed by atoms with van der Waals surface area (Å²) < 4.78 is 14.9. The van der Waals surface area contributed by atoms with E-state index in [0.717, 1.165) is 35.4 Å². The summed E-state index contributed by atoms with van der Waals surface area (Å²) in [6.07, 6.45) is 6.70. The SMILES string of the molecule is CCCCCN(Cc1ccc(F)cc1)C(=O)c1csc(-c2cnn(C)c2)n1. The highest BCUT2D eigenvalue weighted by molar-refractivity contribution is 7.13. The molecule has 2 aromatic heterocycles. The van der Waals surface area contributed by atoms with Crippen LogP contribution in [0.4, 0.5) is 4.39 Å². The van der Waals surface area contributed by atoms with Crippen molar-refractivity contribution in [2.24, 2.45) is 7.05 Å². The Balaban J connectivity index is 1.77. The van der Waals surface area contributed by atoms with E-state index in [1.54, 1.807) is 33.3 Å². The van der Waals surface area contributed by atoms with Crippen LogP contribution in [0.3, 0.4) is 0 Å². The summed E-state index contributed by atoms with van der Waals surface area (Å²) >= 11 is 1.44. The molecule has 0 atom stereocenters. The van der Waals surface area contributed by atoms with E-state index in [4.69, 9.17) is 0 Å². The maximum atomic E-state index is 13.2. The van der Waals surface area contributed by atoms with Crippen molar-refractivity contribution in [3.8, 4) is 10.6 Å². The van der Waals surface area contributed by atoms with Crippen molar-refractivity contribution >= 4 is 17.2 Å². The van der Waals surface area contributed by atoms with Crippen molar-refractivity contribution in [3.05, 3.63) is 59.1 Å². The molecule has 0 spiro atoms. The number of benzene rings is 1. The maximum Gasteiger partial charge on any atom is 0.273 e. The van der Waals surface area contributed by atoms with Crippen molar-refractivity contribution < 1.29 is 9.18 Å². The topological polar surface area (TPSA) is 51.0 Å². The van der Waals surface area contributed by atoms with Crippen molar-refractivity contribution in [1.82, 2.24) is 19.7 Å². The van der Waals surface area contributed by atoms with E-state index in [1.165, 1.54) is 23.5 Å². The third-order valence-corrected chi connectivity index (χ3v) is 5.17. The van der Waals surface area contributed by atoms with Crippen LogP contribution in [0, 0.1) is 5.82 Å². The minimum Gasteiger partial charge on any atom is -0.333 e. The third-order valence-electron chi connectivity index (χ3n) is 4.28. The van der Waals surface area contributed by atoms with Crippen molar-refractivity contribution in [1.29, 1.82) is 0 Å². The van der Waals surface area contributed by atoms with Crippen molar-refractivity contribution in [2.45, 2.75) is 32.7 Å². The fraction of sp³-hybridized carbons (Fsp3) is 0.350. The molecule has 5 nitrogen and oxygen atoms in total. The van der Waals surface area contributed by atoms with Crippen LogP contribution in [0.15, 0.2) is 42.0 Å². The standard InChI is InChI=1S/C20H23FN4OS/c1-3-4-5-10-25(12-15-6-8-17(21)9-7-15)20(26)18-14-27-19(23-18)16-11-22-24(2)13-16/h6-9,11,13-14H,3-5,10,12H2,1-2H3. The second kappa shape index (κ2) is 8.90. The molecule has 7 heteroatoms. The summed E-state index contributed by atoms with van der Waals surface area (Å²) in [5.41, 5.74) is 2.25. The lowest BCUT2D eigenvalue weighted by atomic mass is 10.2. The Morgan fingerprint density at radius 2 is 2.04 bits per heavy atom. The van der Waals surface area contributed by atoms with E-state index >= 15 is 0 Å². The molecule has 0 bridgehead atoms. The van der Waals surface area contributed by atoms with Gasteiger partial charge in [-0.3, -0.25) is 9.48 Å². The van der Waals surface area contributed by atoms with E-state index in [1.807, 2.05) is 13.2 Å². The Hall–Kier alpha value is -2.54. The molecule has 3 aromatic rings. The number of carbonyl (C=O) groups excluding carboxylic acids is 1. The Morgan fingerprint density at radius 1 is 1.26 bits per heavy atom. The predicted molar refractivity (Wildman–Crippen MR) is 105 cm³/mol. The molecule has 3 rings (SSSR count). The fourth-order valence-electron chi connectivity index (χ4n) is 2.81. The van der Waals surface area contributed by atoms with E-state index in [2.05, 4.69) is 17.0 Å². The third kappa shape index (κ3) is 5.01. The summed E-state index contributed by atoms with van der Waals surface area (Å²) in [4.78, 5) is 19.3. The Kier molecular flexibility index (Phi) is 6.34. The van der Waals surface area contributed by atoms with Crippen LogP contribution in [-0.4, -0.2) is 32.1 Å². The molecule has 0 saturated carbocycles. The number of rotatable bonds is 8. The van der Waals surface area contributed by atoms with Gasteiger partial charge >= 0.3 is 0 Å². The van der Waals surface area contributed by atoms with Crippen LogP contribution in [-0.2, 0) is 13.6 Å². The van der Waals surface area contributed by atoms with E-state index in [0.29, 0.717) is 18.8 Å². The molecule has 27 heavy (non-hydrogen) atoms. The van der Waals surface area contributed by atoms with Gasteiger partial charge in [0.2, 0.25) is 0 Å². The number of nitrogens with zero attached hydrogens (tertiary/aromatic N) is 4. The molecule has 0 unspecified atom stereocenters. The quantitative estimate of drug-likeness (QED) is 0.535. The lowest BCUT2D eigenvalue weighted by molar-refractivity contribution is 0.0735. The number of amides is 1. The molecule has 1 amide bonds. The van der Waals surface area contributed by atoms with Crippen molar-refractivity contribution in [3.63, 3.8) is 0 Å². The number of hydrogen-bond acceptors (Lipinski definition) is 4. The first-order valence-corrected chi connectivity index (χ1v) is 9.93. The van der Waals surface area contributed by atoms with Gasteiger partial charge in [0.05, 0.1) is 6.20 Å². The number of aromatic nitrogens is 3. The van der Waals surface area contributed by atoms with Gasteiger partial charge in [0.25, 0.3) is 5.91 Å². The number of halogens is 1. The second-order valence-electron chi connectivity index (χ2n) is 6.50. The first kappa shape index (κ1) is 19.2. The first-order chi connectivity index (χ1) is 13.1. The largest absolute Gasteiger partial charge is 0.333 e. The number of carbonyl (C=O) groups is 1. The average Bonchev–Trinajstić information content (AvgIpc) is 3.31. The lowest BCUT2D eigenvalue weighted by Crippen LogP contribution is -2.31. The number of hydrogen-bond donors (Lipinski definition) is 0. The fourth-order valence-corrected chi connectivity index (χ4v) is 3.58. The molecule has 0 aliphatic heterocycles. The molecule has 0 fully saturated rings. The van der Waals surface area contributed by atoms with E-state index in [9.17, 15) is 9.18 Å². The Morgan fingerprint density at radius 3 is 2.70 bits per heavy atom. The molecular weight excluding hydrogens is 363 g/mol. The highest BCUT2D eigenvalue weighted by atomic mass is 32.1. The number of aryl methyl sites for hydroxylation is 1. The zero-order chi connectivity index (χ0) is 19.2. The summed E-state index contributed by atoms with van der Waals surface area (Å²) in [5, 5.41) is 6.73. The van der Waals surface area contributed by atoms with Gasteiger partial charge in [-0.2, -0.15) is 5.10 Å². The summed E-state index contributed by atoms with van der Waals surface area (Å²) in [6.45, 7) is 3.24. The molecule has 0 radical (unpaired) electrons. The van der Waals surface area contributed by atoms with Gasteiger partial charge in [0, 0.05) is 37.3 Å². The zero-order valence-electron chi connectivity index (χ0n) is 15.6. The van der Waals surface area contributed by atoms with E-state index in [-0.39, 0.29) is 11.7 Å². The van der Waals surface area contributed by atoms with Crippen LogP contribution < -0.4 is 0 Å². The minimum absolute atomic E-state index is 0.0955. The Labute approximate surface area is 162 Å². The van der Waals surface area contributed by atoms with E-state index < -0.39 is 0 Å². The van der Waals surface area contributed by atoms with Crippen LogP contribution in [0.2, 0.25) is 0 Å². The van der Waals surface area contributed by atoms with Crippen LogP contribution in [0.25, 0.3) is 10.6 Å². The lowest BCUT2D eigenvalue weighted by Gasteiger charge is -2.22. The van der Waals surface area contributed by atoms with Crippen LogP contribution in [0.1, 0.15) is 42.2 Å². The van der Waals surface area contributed by atoms with Gasteiger partial charge in [-0.25, -0.2) is 9.37 Å². The van der Waals surface area contributed by atoms with Gasteiger partial charge in [-0.05, 0) is 24.1 Å². The molecule has 0 aliphatic carbocycles. The summed E-state index contributed by atoms with van der Waals surface area (Å²) in [5.74, 6) is -0.370. The molecule has 142 valence electrons. The molecule has 1 aromatic carbocycles. The van der Waals surface area contributed by atoms with Gasteiger partial charge in [-0.15, -0.1) is 11.3 Å². The van der Waals surface area contributed by atoms with Crippen LogP contribution >= 0.6 is 11.3 Å². The summed E-state index contributed by atoms with van der Waals surface area (Å²) in [7, 11) is 1.85. The monoisotopic (exact) mass is 386 g/mol. The number of thiazole rings is 1. The predicted octanol–water partition coefficient (Wildman–Crippen LogP) is 4.52. The molecule has 0 saturated heterocycles. The number of unbranched alkanes of at least 4 members (excludes halogenated alkanes) is 2. The van der Waals surface area contributed by atoms with Gasteiger partial charge in [0.15, 0.2) is 0 Å². The highest BCUT2D eigenvalue weighted by Crippen LogP contribution is 2.24. The highest BCUT2D eigenvalue weighted by Gasteiger charge is 2.20. The average molecular weight is 386 g/mol. The second-order valence-corrected chi connectivity index (χ2v) is 7.36. The Bertz CT molecular complexity index is 888. The molecule has 2 heterocycles. The van der Waals surface area contributed by atoms with Crippen LogP contribution in [0.5, 0.6) is 0 Å².